The molecule has 0 spiro atoms. The molecule has 1 aliphatic carbocycles. The second-order valence-electron chi connectivity index (χ2n) is 4.75. The highest BCUT2D eigenvalue weighted by atomic mass is 16.5. The molecule has 16 heavy (non-hydrogen) atoms. The Morgan fingerprint density at radius 1 is 1.62 bits per heavy atom. The largest absolute Gasteiger partial charge is 0.383 e. The van der Waals surface area contributed by atoms with E-state index in [0.29, 0.717) is 0 Å². The van der Waals surface area contributed by atoms with E-state index in [1.165, 1.54) is 6.42 Å². The van der Waals surface area contributed by atoms with Crippen molar-refractivity contribution >= 4 is 5.95 Å². The number of hydrogen-bond donors (Lipinski definition) is 1. The van der Waals surface area contributed by atoms with Crippen LogP contribution in [-0.2, 0) is 11.3 Å². The molecule has 1 heterocycles. The number of aryl methyl sites for hydroxylation is 1. The predicted molar refractivity (Wildman–Crippen MR) is 64.6 cm³/mol. The highest BCUT2D eigenvalue weighted by molar-refractivity contribution is 5.29. The summed E-state index contributed by atoms with van der Waals surface area (Å²) in [5.41, 5.74) is 1.06. The van der Waals surface area contributed by atoms with Crippen LogP contribution in [0.25, 0.3) is 0 Å². The molecular weight excluding hydrogens is 202 g/mol. The molecule has 2 rings (SSSR count). The van der Waals surface area contributed by atoms with Crippen LogP contribution in [0.5, 0.6) is 0 Å². The smallest absolute Gasteiger partial charge is 0.203 e. The second-order valence-corrected chi connectivity index (χ2v) is 4.75. The summed E-state index contributed by atoms with van der Waals surface area (Å²) in [5.74, 6) is 2.71. The van der Waals surface area contributed by atoms with Crippen LogP contribution in [0.2, 0.25) is 0 Å². The van der Waals surface area contributed by atoms with Gasteiger partial charge in [-0.05, 0) is 25.2 Å². The summed E-state index contributed by atoms with van der Waals surface area (Å²) >= 11 is 0. The Labute approximate surface area is 97.0 Å². The number of rotatable bonds is 6. The van der Waals surface area contributed by atoms with E-state index >= 15 is 0 Å². The number of methoxy groups -OCH3 is 1. The molecule has 0 amide bonds. The van der Waals surface area contributed by atoms with E-state index in [1.807, 2.05) is 6.92 Å². The van der Waals surface area contributed by atoms with Gasteiger partial charge in [-0.2, -0.15) is 0 Å². The van der Waals surface area contributed by atoms with Gasteiger partial charge >= 0.3 is 0 Å². The van der Waals surface area contributed by atoms with Crippen molar-refractivity contribution in [1.29, 1.82) is 0 Å². The van der Waals surface area contributed by atoms with E-state index in [1.54, 1.807) is 7.11 Å². The van der Waals surface area contributed by atoms with E-state index in [-0.39, 0.29) is 0 Å². The third kappa shape index (κ3) is 2.76. The molecule has 90 valence electrons. The first kappa shape index (κ1) is 11.5. The zero-order valence-corrected chi connectivity index (χ0v) is 10.4. The van der Waals surface area contributed by atoms with Crippen molar-refractivity contribution in [3.05, 3.63) is 11.9 Å². The Hall–Kier alpha value is -1.03. The maximum absolute atomic E-state index is 5.09. The van der Waals surface area contributed by atoms with Gasteiger partial charge in [-0.25, -0.2) is 4.98 Å². The van der Waals surface area contributed by atoms with Crippen molar-refractivity contribution in [2.24, 2.45) is 11.8 Å². The summed E-state index contributed by atoms with van der Waals surface area (Å²) in [5, 5.41) is 3.43. The molecule has 4 nitrogen and oxygen atoms in total. The number of nitrogens with one attached hydrogen (secondary N) is 1. The number of ether oxygens (including phenoxy) is 1. The molecule has 0 aromatic carbocycles. The predicted octanol–water partition coefficient (Wildman–Crippen LogP) is 1.91. The SMILES string of the molecule is COCCn1cc(C)nc1NCC1CC1C. The molecule has 0 radical (unpaired) electrons. The molecule has 4 heteroatoms. The lowest BCUT2D eigenvalue weighted by molar-refractivity contribution is 0.187. The number of imidazole rings is 1. The number of nitrogens with zero attached hydrogens (tertiary/aromatic N) is 2. The quantitative estimate of drug-likeness (QED) is 0.800. The summed E-state index contributed by atoms with van der Waals surface area (Å²) in [6.07, 6.45) is 3.42. The number of aromatic nitrogens is 2. The van der Waals surface area contributed by atoms with Gasteiger partial charge < -0.3 is 14.6 Å². The molecule has 1 aromatic rings. The van der Waals surface area contributed by atoms with Gasteiger partial charge in [0.1, 0.15) is 0 Å². The lowest BCUT2D eigenvalue weighted by atomic mass is 10.3. The second kappa shape index (κ2) is 4.87. The van der Waals surface area contributed by atoms with E-state index in [4.69, 9.17) is 4.74 Å². The Morgan fingerprint density at radius 3 is 3.00 bits per heavy atom. The van der Waals surface area contributed by atoms with Gasteiger partial charge in [0, 0.05) is 26.4 Å². The Bertz CT molecular complexity index is 348. The highest BCUT2D eigenvalue weighted by Gasteiger charge is 2.32. The molecule has 1 fully saturated rings. The van der Waals surface area contributed by atoms with Crippen molar-refractivity contribution < 1.29 is 4.74 Å². The molecule has 2 atom stereocenters. The van der Waals surface area contributed by atoms with Crippen molar-refractivity contribution in [2.75, 3.05) is 25.6 Å². The molecule has 1 aromatic heterocycles. The van der Waals surface area contributed by atoms with Gasteiger partial charge in [0.2, 0.25) is 5.95 Å². The van der Waals surface area contributed by atoms with Gasteiger partial charge in [0.25, 0.3) is 0 Å². The first-order valence-electron chi connectivity index (χ1n) is 5.97. The minimum absolute atomic E-state index is 0.726. The molecule has 1 aliphatic rings. The zero-order chi connectivity index (χ0) is 11.5. The van der Waals surface area contributed by atoms with E-state index in [9.17, 15) is 0 Å². The number of anilines is 1. The van der Waals surface area contributed by atoms with Gasteiger partial charge in [-0.1, -0.05) is 6.92 Å². The van der Waals surface area contributed by atoms with Crippen LogP contribution in [0, 0.1) is 18.8 Å². The van der Waals surface area contributed by atoms with E-state index in [0.717, 1.165) is 43.2 Å². The van der Waals surface area contributed by atoms with Crippen LogP contribution in [0.4, 0.5) is 5.95 Å². The van der Waals surface area contributed by atoms with Crippen molar-refractivity contribution in [1.82, 2.24) is 9.55 Å². The monoisotopic (exact) mass is 223 g/mol. The van der Waals surface area contributed by atoms with Crippen LogP contribution in [0.1, 0.15) is 19.0 Å². The first-order chi connectivity index (χ1) is 7.70. The standard InChI is InChI=1S/C12H21N3O/c1-9-6-11(9)7-13-12-14-10(2)8-15(12)4-5-16-3/h8-9,11H,4-7H2,1-3H3,(H,13,14). The Kier molecular flexibility index (Phi) is 3.49. The van der Waals surface area contributed by atoms with Crippen LogP contribution in [0.3, 0.4) is 0 Å². The first-order valence-corrected chi connectivity index (χ1v) is 5.97. The highest BCUT2D eigenvalue weighted by Crippen LogP contribution is 2.37. The summed E-state index contributed by atoms with van der Waals surface area (Å²) in [6, 6.07) is 0. The van der Waals surface area contributed by atoms with Gasteiger partial charge in [0.15, 0.2) is 0 Å². The third-order valence-electron chi connectivity index (χ3n) is 3.23. The van der Waals surface area contributed by atoms with Gasteiger partial charge in [0.05, 0.1) is 12.3 Å². The van der Waals surface area contributed by atoms with Crippen molar-refractivity contribution in [3.63, 3.8) is 0 Å². The molecule has 1 saturated carbocycles. The fourth-order valence-corrected chi connectivity index (χ4v) is 1.95. The topological polar surface area (TPSA) is 39.1 Å². The molecule has 0 aliphatic heterocycles. The minimum Gasteiger partial charge on any atom is -0.383 e. The van der Waals surface area contributed by atoms with Crippen LogP contribution in [-0.4, -0.2) is 29.8 Å². The molecule has 2 unspecified atom stereocenters. The lowest BCUT2D eigenvalue weighted by Gasteiger charge is -2.08. The summed E-state index contributed by atoms with van der Waals surface area (Å²) in [4.78, 5) is 4.48. The van der Waals surface area contributed by atoms with Crippen LogP contribution < -0.4 is 5.32 Å². The summed E-state index contributed by atoms with van der Waals surface area (Å²) in [6.45, 7) is 6.96. The zero-order valence-electron chi connectivity index (χ0n) is 10.4. The molecule has 0 bridgehead atoms. The Morgan fingerprint density at radius 2 is 2.38 bits per heavy atom. The fourth-order valence-electron chi connectivity index (χ4n) is 1.95. The maximum Gasteiger partial charge on any atom is 0.203 e. The molecule has 1 N–H and O–H groups in total. The van der Waals surface area contributed by atoms with Crippen molar-refractivity contribution in [2.45, 2.75) is 26.8 Å². The fraction of sp³-hybridized carbons (Fsp3) is 0.750. The van der Waals surface area contributed by atoms with E-state index < -0.39 is 0 Å². The van der Waals surface area contributed by atoms with Crippen molar-refractivity contribution in [3.8, 4) is 0 Å². The van der Waals surface area contributed by atoms with Gasteiger partial charge in [-0.3, -0.25) is 0 Å². The van der Waals surface area contributed by atoms with Gasteiger partial charge in [-0.15, -0.1) is 0 Å². The molecular formula is C12H21N3O. The van der Waals surface area contributed by atoms with Crippen LogP contribution in [0.15, 0.2) is 6.20 Å². The van der Waals surface area contributed by atoms with E-state index in [2.05, 4.69) is 28.0 Å². The van der Waals surface area contributed by atoms with Crippen LogP contribution >= 0.6 is 0 Å². The summed E-state index contributed by atoms with van der Waals surface area (Å²) < 4.78 is 7.22. The maximum atomic E-state index is 5.09. The Balaban J connectivity index is 1.90. The summed E-state index contributed by atoms with van der Waals surface area (Å²) in [7, 11) is 1.72. The normalized spacial score (nSPS) is 23.4. The lowest BCUT2D eigenvalue weighted by Crippen LogP contribution is -2.12. The average Bonchev–Trinajstić information content (AvgIpc) is 2.83. The average molecular weight is 223 g/mol. The third-order valence-corrected chi connectivity index (χ3v) is 3.23. The molecule has 0 saturated heterocycles. The minimum atomic E-state index is 0.726. The number of hydrogen-bond acceptors (Lipinski definition) is 3.